The van der Waals surface area contributed by atoms with Crippen LogP contribution in [0.25, 0.3) is 0 Å². The first-order chi connectivity index (χ1) is 12.3. The van der Waals surface area contributed by atoms with Crippen molar-refractivity contribution in [2.45, 2.75) is 44.6 Å². The molecule has 0 radical (unpaired) electrons. The van der Waals surface area contributed by atoms with Gasteiger partial charge in [0.05, 0.1) is 6.10 Å². The van der Waals surface area contributed by atoms with Crippen LogP contribution in [0, 0.1) is 11.3 Å². The Kier molecular flexibility index (Phi) is 5.09. The number of nitrogens with one attached hydrogen (secondary N) is 1. The maximum Gasteiger partial charge on any atom is 0.226 e. The van der Waals surface area contributed by atoms with Crippen LogP contribution in [-0.4, -0.2) is 49.7 Å². The zero-order valence-electron chi connectivity index (χ0n) is 15.1. The third-order valence-corrected chi connectivity index (χ3v) is 6.35. The summed E-state index contributed by atoms with van der Waals surface area (Å²) >= 11 is 0. The molecule has 1 aliphatic carbocycles. The van der Waals surface area contributed by atoms with E-state index in [9.17, 15) is 4.79 Å². The minimum atomic E-state index is 0.238. The number of aryl methyl sites for hydroxylation is 1. The van der Waals surface area contributed by atoms with Crippen LogP contribution in [0.3, 0.4) is 0 Å². The summed E-state index contributed by atoms with van der Waals surface area (Å²) in [5, 5.41) is 3.41. The molecule has 1 N–H and O–H groups in total. The fourth-order valence-corrected chi connectivity index (χ4v) is 4.63. The third kappa shape index (κ3) is 3.90. The third-order valence-electron chi connectivity index (χ3n) is 6.35. The van der Waals surface area contributed by atoms with Crippen molar-refractivity contribution >= 4 is 5.91 Å². The van der Waals surface area contributed by atoms with E-state index in [-0.39, 0.29) is 6.10 Å². The van der Waals surface area contributed by atoms with Gasteiger partial charge in [-0.05, 0) is 62.6 Å². The van der Waals surface area contributed by atoms with Gasteiger partial charge in [0.2, 0.25) is 5.91 Å². The summed E-state index contributed by atoms with van der Waals surface area (Å²) in [5.41, 5.74) is 1.71. The number of hydrogen-bond donors (Lipinski definition) is 1. The molecule has 25 heavy (non-hydrogen) atoms. The minimum Gasteiger partial charge on any atom is -0.376 e. The Morgan fingerprint density at radius 2 is 2.04 bits per heavy atom. The van der Waals surface area contributed by atoms with Crippen molar-refractivity contribution in [3.63, 3.8) is 0 Å². The summed E-state index contributed by atoms with van der Waals surface area (Å²) in [6.07, 6.45) is 6.82. The molecule has 3 fully saturated rings. The Hall–Kier alpha value is -1.39. The van der Waals surface area contributed by atoms with E-state index in [1.165, 1.54) is 18.4 Å². The lowest BCUT2D eigenvalue weighted by Gasteiger charge is -2.25. The van der Waals surface area contributed by atoms with Gasteiger partial charge in [-0.15, -0.1) is 0 Å². The van der Waals surface area contributed by atoms with E-state index in [2.05, 4.69) is 40.5 Å². The number of likely N-dealkylation sites (tertiary alicyclic amines) is 1. The maximum atomic E-state index is 12.8. The fraction of sp³-hybridized carbons (Fsp3) is 0.667. The Balaban J connectivity index is 1.17. The molecule has 2 unspecified atom stereocenters. The number of benzene rings is 1. The van der Waals surface area contributed by atoms with Gasteiger partial charge in [-0.2, -0.15) is 0 Å². The minimum absolute atomic E-state index is 0.238. The highest BCUT2D eigenvalue weighted by Gasteiger charge is 2.58. The van der Waals surface area contributed by atoms with Gasteiger partial charge in [-0.25, -0.2) is 0 Å². The summed E-state index contributed by atoms with van der Waals surface area (Å²) in [6.45, 7) is 4.64. The predicted octanol–water partition coefficient (Wildman–Crippen LogP) is 2.63. The summed E-state index contributed by atoms with van der Waals surface area (Å²) < 4.78 is 6.04. The number of ether oxygens (including phenoxy) is 1. The predicted molar refractivity (Wildman–Crippen MR) is 98.3 cm³/mol. The molecule has 2 heterocycles. The molecule has 1 aromatic rings. The number of carbonyl (C=O) groups is 1. The molecule has 2 saturated heterocycles. The van der Waals surface area contributed by atoms with Crippen molar-refractivity contribution in [1.29, 1.82) is 0 Å². The van der Waals surface area contributed by atoms with E-state index in [0.29, 0.717) is 17.2 Å². The molecule has 4 nitrogen and oxygen atoms in total. The number of piperidine rings is 1. The molecule has 2 aliphatic heterocycles. The van der Waals surface area contributed by atoms with E-state index in [0.717, 1.165) is 58.5 Å². The highest BCUT2D eigenvalue weighted by molar-refractivity contribution is 5.83. The van der Waals surface area contributed by atoms with Crippen molar-refractivity contribution in [2.75, 3.05) is 32.8 Å². The standard InChI is InChI=1S/C21H30N2O2/c24-20(19-15-21(19)9-11-22-12-10-21)23-13-8-18(16-23)25-14-4-7-17-5-2-1-3-6-17/h1-3,5-6,18-19,22H,4,7-16H2. The van der Waals surface area contributed by atoms with Gasteiger partial charge < -0.3 is 15.0 Å². The van der Waals surface area contributed by atoms with Crippen LogP contribution in [-0.2, 0) is 16.0 Å². The summed E-state index contributed by atoms with van der Waals surface area (Å²) in [7, 11) is 0. The number of rotatable bonds is 6. The van der Waals surface area contributed by atoms with Crippen LogP contribution in [0.5, 0.6) is 0 Å². The fourth-order valence-electron chi connectivity index (χ4n) is 4.63. The molecule has 2 atom stereocenters. The smallest absolute Gasteiger partial charge is 0.226 e. The first kappa shape index (κ1) is 17.0. The molecule has 4 heteroatoms. The van der Waals surface area contributed by atoms with Gasteiger partial charge >= 0.3 is 0 Å². The van der Waals surface area contributed by atoms with Gasteiger partial charge in [-0.3, -0.25) is 4.79 Å². The molecule has 0 bridgehead atoms. The first-order valence-electron chi connectivity index (χ1n) is 9.92. The van der Waals surface area contributed by atoms with Crippen molar-refractivity contribution in [3.05, 3.63) is 35.9 Å². The maximum absolute atomic E-state index is 12.8. The molecule has 1 amide bonds. The Labute approximate surface area is 150 Å². The monoisotopic (exact) mass is 342 g/mol. The first-order valence-corrected chi connectivity index (χ1v) is 9.92. The summed E-state index contributed by atoms with van der Waals surface area (Å²) in [5.74, 6) is 0.698. The molecule has 136 valence electrons. The van der Waals surface area contributed by atoms with Gasteiger partial charge in [0, 0.05) is 25.6 Å². The van der Waals surface area contributed by atoms with Crippen molar-refractivity contribution < 1.29 is 9.53 Å². The summed E-state index contributed by atoms with van der Waals surface area (Å²) in [4.78, 5) is 14.9. The van der Waals surface area contributed by atoms with Crippen LogP contribution in [0.2, 0.25) is 0 Å². The largest absolute Gasteiger partial charge is 0.376 e. The number of hydrogen-bond acceptors (Lipinski definition) is 3. The quantitative estimate of drug-likeness (QED) is 0.808. The van der Waals surface area contributed by atoms with Crippen LogP contribution in [0.15, 0.2) is 30.3 Å². The molecule has 1 saturated carbocycles. The normalized spacial score (nSPS) is 27.6. The number of nitrogens with zero attached hydrogens (tertiary/aromatic N) is 1. The second kappa shape index (κ2) is 7.46. The topological polar surface area (TPSA) is 41.6 Å². The van der Waals surface area contributed by atoms with Crippen molar-refractivity contribution in [3.8, 4) is 0 Å². The van der Waals surface area contributed by atoms with Gasteiger partial charge in [0.15, 0.2) is 0 Å². The summed E-state index contributed by atoms with van der Waals surface area (Å²) in [6, 6.07) is 10.6. The van der Waals surface area contributed by atoms with Crippen LogP contribution >= 0.6 is 0 Å². The zero-order chi connectivity index (χ0) is 17.1. The average Bonchev–Trinajstić information content (AvgIpc) is 3.13. The lowest BCUT2D eigenvalue weighted by atomic mass is 9.91. The molecule has 1 spiro atoms. The molecule has 3 aliphatic rings. The van der Waals surface area contributed by atoms with Gasteiger partial charge in [-0.1, -0.05) is 30.3 Å². The molecule has 4 rings (SSSR count). The van der Waals surface area contributed by atoms with E-state index < -0.39 is 0 Å². The van der Waals surface area contributed by atoms with Crippen LogP contribution in [0.1, 0.15) is 37.7 Å². The van der Waals surface area contributed by atoms with E-state index in [4.69, 9.17) is 4.74 Å². The Bertz CT molecular complexity index is 583. The SMILES string of the molecule is O=C(C1CC12CCNCC2)N1CCC(OCCCc2ccccc2)C1. The van der Waals surface area contributed by atoms with E-state index in [1.54, 1.807) is 0 Å². The van der Waals surface area contributed by atoms with Crippen LogP contribution in [0.4, 0.5) is 0 Å². The van der Waals surface area contributed by atoms with Gasteiger partial charge in [0.25, 0.3) is 0 Å². The Morgan fingerprint density at radius 3 is 2.84 bits per heavy atom. The molecular formula is C21H30N2O2. The van der Waals surface area contributed by atoms with E-state index in [1.807, 2.05) is 0 Å². The Morgan fingerprint density at radius 1 is 1.24 bits per heavy atom. The second-order valence-corrected chi connectivity index (χ2v) is 8.02. The lowest BCUT2D eigenvalue weighted by Crippen LogP contribution is -2.36. The molecule has 0 aromatic heterocycles. The average molecular weight is 342 g/mol. The lowest BCUT2D eigenvalue weighted by molar-refractivity contribution is -0.133. The highest BCUT2D eigenvalue weighted by atomic mass is 16.5. The number of amides is 1. The highest BCUT2D eigenvalue weighted by Crippen LogP contribution is 2.59. The van der Waals surface area contributed by atoms with E-state index >= 15 is 0 Å². The van der Waals surface area contributed by atoms with Crippen molar-refractivity contribution in [2.24, 2.45) is 11.3 Å². The molecular weight excluding hydrogens is 312 g/mol. The molecule has 1 aromatic carbocycles. The van der Waals surface area contributed by atoms with Crippen molar-refractivity contribution in [1.82, 2.24) is 10.2 Å². The number of carbonyl (C=O) groups excluding carboxylic acids is 1. The second-order valence-electron chi connectivity index (χ2n) is 8.02. The zero-order valence-corrected chi connectivity index (χ0v) is 15.1. The van der Waals surface area contributed by atoms with Gasteiger partial charge in [0.1, 0.15) is 0 Å². The van der Waals surface area contributed by atoms with Crippen LogP contribution < -0.4 is 5.32 Å².